The first-order valence-electron chi connectivity index (χ1n) is 10.4. The van der Waals surface area contributed by atoms with Crippen LogP contribution in [0.15, 0.2) is 77.2 Å². The van der Waals surface area contributed by atoms with E-state index in [1.807, 2.05) is 64.8 Å². The maximum Gasteiger partial charge on any atom is 0.312 e. The van der Waals surface area contributed by atoms with Crippen LogP contribution in [0.2, 0.25) is 0 Å². The van der Waals surface area contributed by atoms with Gasteiger partial charge in [-0.2, -0.15) is 5.10 Å². The molecule has 0 aliphatic rings. The Kier molecular flexibility index (Phi) is 6.81. The van der Waals surface area contributed by atoms with Crippen LogP contribution in [0, 0.1) is 0 Å². The van der Waals surface area contributed by atoms with Crippen LogP contribution >= 0.6 is 11.3 Å². The van der Waals surface area contributed by atoms with Crippen molar-refractivity contribution in [2.75, 3.05) is 13.7 Å². The van der Waals surface area contributed by atoms with Gasteiger partial charge >= 0.3 is 4.87 Å². The number of nitrogens with one attached hydrogen (secondary N) is 1. The molecule has 2 heterocycles. The van der Waals surface area contributed by atoms with Gasteiger partial charge in [0.15, 0.2) is 0 Å². The molecule has 0 saturated carbocycles. The lowest BCUT2D eigenvalue weighted by Crippen LogP contribution is -2.24. The number of nitrogens with zero attached hydrogens (tertiary/aromatic N) is 3. The van der Waals surface area contributed by atoms with Crippen LogP contribution in [0.5, 0.6) is 5.75 Å². The lowest BCUT2D eigenvalue weighted by atomic mass is 10.1. The van der Waals surface area contributed by atoms with Crippen LogP contribution in [-0.4, -0.2) is 33.9 Å². The van der Waals surface area contributed by atoms with Gasteiger partial charge < -0.3 is 10.1 Å². The van der Waals surface area contributed by atoms with Crippen molar-refractivity contribution in [3.63, 3.8) is 0 Å². The first-order chi connectivity index (χ1) is 15.7. The molecule has 0 aliphatic carbocycles. The van der Waals surface area contributed by atoms with Crippen molar-refractivity contribution in [3.8, 4) is 22.7 Å². The molecule has 1 amide bonds. The van der Waals surface area contributed by atoms with Crippen molar-refractivity contribution in [2.24, 2.45) is 0 Å². The van der Waals surface area contributed by atoms with E-state index in [9.17, 15) is 9.59 Å². The zero-order valence-electron chi connectivity index (χ0n) is 17.7. The number of aromatic nitrogens is 3. The maximum atomic E-state index is 12.7. The predicted octanol–water partition coefficient (Wildman–Crippen LogP) is 3.98. The number of ether oxygens (including phenoxy) is 1. The molecule has 7 nitrogen and oxygen atoms in total. The van der Waals surface area contributed by atoms with E-state index in [2.05, 4.69) is 10.4 Å². The molecule has 164 valence electrons. The van der Waals surface area contributed by atoms with E-state index >= 15 is 0 Å². The van der Waals surface area contributed by atoms with Crippen LogP contribution in [0.25, 0.3) is 16.9 Å². The minimum absolute atomic E-state index is 0.0970. The van der Waals surface area contributed by atoms with E-state index in [1.165, 1.54) is 0 Å². The summed E-state index contributed by atoms with van der Waals surface area (Å²) < 4.78 is 8.82. The Hall–Kier alpha value is -3.65. The monoisotopic (exact) mass is 448 g/mol. The van der Waals surface area contributed by atoms with Gasteiger partial charge in [-0.05, 0) is 43.2 Å². The molecule has 0 radical (unpaired) electrons. The van der Waals surface area contributed by atoms with Crippen LogP contribution in [-0.2, 0) is 6.54 Å². The number of carbonyl (C=O) groups excluding carboxylic acids is 1. The Balaban J connectivity index is 1.46. The molecule has 0 fully saturated rings. The molecular formula is C24H24N4O3S. The third-order valence-electron chi connectivity index (χ3n) is 5.09. The number of rotatable bonds is 9. The fourth-order valence-corrected chi connectivity index (χ4v) is 4.22. The number of methoxy groups -OCH3 is 1. The highest BCUT2D eigenvalue weighted by molar-refractivity contribution is 7.07. The maximum absolute atomic E-state index is 12.7. The third kappa shape index (κ3) is 4.97. The second-order valence-electron chi connectivity index (χ2n) is 7.24. The van der Waals surface area contributed by atoms with E-state index in [0.29, 0.717) is 17.9 Å². The molecule has 0 atom stereocenters. The quantitative estimate of drug-likeness (QED) is 0.393. The zero-order chi connectivity index (χ0) is 22.3. The van der Waals surface area contributed by atoms with Gasteiger partial charge in [-0.25, -0.2) is 0 Å². The molecule has 0 unspecified atom stereocenters. The van der Waals surface area contributed by atoms with Crippen LogP contribution < -0.4 is 14.9 Å². The van der Waals surface area contributed by atoms with E-state index in [-0.39, 0.29) is 10.8 Å². The summed E-state index contributed by atoms with van der Waals surface area (Å²) in [5.74, 6) is 0.545. The van der Waals surface area contributed by atoms with E-state index in [4.69, 9.17) is 4.74 Å². The van der Waals surface area contributed by atoms with Crippen LogP contribution in [0.1, 0.15) is 23.2 Å². The first-order valence-corrected chi connectivity index (χ1v) is 11.2. The van der Waals surface area contributed by atoms with Crippen molar-refractivity contribution in [3.05, 3.63) is 87.6 Å². The number of thiazole rings is 1. The Bertz CT molecular complexity index is 1240. The fraction of sp³-hybridized carbons (Fsp3) is 0.208. The number of carbonyl (C=O) groups is 1. The molecule has 8 heteroatoms. The van der Waals surface area contributed by atoms with E-state index < -0.39 is 0 Å². The first kappa shape index (κ1) is 21.6. The van der Waals surface area contributed by atoms with Crippen molar-refractivity contribution in [1.29, 1.82) is 0 Å². The van der Waals surface area contributed by atoms with Gasteiger partial charge in [-0.15, -0.1) is 0 Å². The second-order valence-corrected chi connectivity index (χ2v) is 8.06. The number of benzene rings is 2. The summed E-state index contributed by atoms with van der Waals surface area (Å²) in [5, 5.41) is 8.96. The Morgan fingerprint density at radius 2 is 2.00 bits per heavy atom. The minimum Gasteiger partial charge on any atom is -0.497 e. The standard InChI is InChI=1S/C24H24N4O3S/c1-31-21-10-5-9-20(16-21)28-22(17-32-24(28)30)18-7-4-8-19(15-18)23(29)25-11-2-3-13-27-14-6-12-26-27/h4-10,12,14-17H,2-3,11,13H2,1H3,(H,25,29). The molecule has 0 saturated heterocycles. The zero-order valence-corrected chi connectivity index (χ0v) is 18.5. The minimum atomic E-state index is -0.128. The molecule has 2 aromatic heterocycles. The molecule has 0 bridgehead atoms. The molecule has 2 aromatic carbocycles. The average molecular weight is 449 g/mol. The third-order valence-corrected chi connectivity index (χ3v) is 5.81. The lowest BCUT2D eigenvalue weighted by Gasteiger charge is -2.11. The largest absolute Gasteiger partial charge is 0.497 e. The van der Waals surface area contributed by atoms with Crippen molar-refractivity contribution < 1.29 is 9.53 Å². The molecular weight excluding hydrogens is 424 g/mol. The number of unbranched alkanes of at least 4 members (excludes halogenated alkanes) is 1. The van der Waals surface area contributed by atoms with E-state index in [1.54, 1.807) is 23.9 Å². The lowest BCUT2D eigenvalue weighted by molar-refractivity contribution is 0.0953. The highest BCUT2D eigenvalue weighted by atomic mass is 32.1. The fourth-order valence-electron chi connectivity index (χ4n) is 3.46. The van der Waals surface area contributed by atoms with Crippen molar-refractivity contribution >= 4 is 17.2 Å². The summed E-state index contributed by atoms with van der Waals surface area (Å²) in [6.45, 7) is 1.43. The summed E-state index contributed by atoms with van der Waals surface area (Å²) in [4.78, 5) is 25.1. The highest BCUT2D eigenvalue weighted by Crippen LogP contribution is 2.26. The van der Waals surface area contributed by atoms with Gasteiger partial charge in [0.25, 0.3) is 5.91 Å². The van der Waals surface area contributed by atoms with Gasteiger partial charge in [0, 0.05) is 48.1 Å². The van der Waals surface area contributed by atoms with Crippen molar-refractivity contribution in [2.45, 2.75) is 19.4 Å². The van der Waals surface area contributed by atoms with Gasteiger partial charge in [-0.3, -0.25) is 18.8 Å². The molecule has 4 aromatic rings. The average Bonchev–Trinajstić information content (AvgIpc) is 3.48. The molecule has 4 rings (SSSR count). The topological polar surface area (TPSA) is 78.2 Å². The van der Waals surface area contributed by atoms with Gasteiger partial charge in [0.2, 0.25) is 0 Å². The number of aryl methyl sites for hydroxylation is 1. The Morgan fingerprint density at radius 1 is 1.12 bits per heavy atom. The highest BCUT2D eigenvalue weighted by Gasteiger charge is 2.14. The van der Waals surface area contributed by atoms with Gasteiger partial charge in [0.05, 0.1) is 18.5 Å². The number of hydrogen-bond acceptors (Lipinski definition) is 5. The van der Waals surface area contributed by atoms with E-state index in [0.717, 1.165) is 47.7 Å². The van der Waals surface area contributed by atoms with Crippen LogP contribution in [0.3, 0.4) is 0 Å². The predicted molar refractivity (Wildman–Crippen MR) is 126 cm³/mol. The Morgan fingerprint density at radius 3 is 2.81 bits per heavy atom. The summed E-state index contributed by atoms with van der Waals surface area (Å²) in [7, 11) is 1.59. The molecule has 1 N–H and O–H groups in total. The van der Waals surface area contributed by atoms with Gasteiger partial charge in [0.1, 0.15) is 5.75 Å². The molecule has 32 heavy (non-hydrogen) atoms. The normalized spacial score (nSPS) is 10.8. The second kappa shape index (κ2) is 10.1. The van der Waals surface area contributed by atoms with Crippen molar-refractivity contribution in [1.82, 2.24) is 19.7 Å². The molecule has 0 spiro atoms. The molecule has 0 aliphatic heterocycles. The summed E-state index contributed by atoms with van der Waals surface area (Å²) in [6.07, 6.45) is 5.49. The summed E-state index contributed by atoms with van der Waals surface area (Å²) in [6, 6.07) is 16.6. The van der Waals surface area contributed by atoms with Crippen LogP contribution in [0.4, 0.5) is 0 Å². The SMILES string of the molecule is COc1cccc(-n2c(-c3cccc(C(=O)NCCCCn4cccn4)c3)csc2=O)c1. The number of hydrogen-bond donors (Lipinski definition) is 1. The Labute approximate surface area is 189 Å². The number of amides is 1. The summed E-state index contributed by atoms with van der Waals surface area (Å²) in [5.41, 5.74) is 2.82. The summed E-state index contributed by atoms with van der Waals surface area (Å²) >= 11 is 1.13. The smallest absolute Gasteiger partial charge is 0.312 e. The van der Waals surface area contributed by atoms with Gasteiger partial charge in [-0.1, -0.05) is 29.5 Å².